The first-order chi connectivity index (χ1) is 14.0. The highest BCUT2D eigenvalue weighted by molar-refractivity contribution is 6.32. The van der Waals surface area contributed by atoms with Crippen LogP contribution in [0, 0.1) is 0 Å². The standard InChI is InChI=1S/C21H22ClNO6/c1-27-14-5-7-18-15(12-14)20(24)23-17(21(25)26)11-13-4-6-19(16(22)10-13)29-9-3-2-8-28-18/h4-7,10,12,17H,2-3,8-9,11H2,1H3,(H,23,24)(H,25,26)/t17-/m0/s1. The number of benzene rings is 2. The first-order valence-electron chi connectivity index (χ1n) is 9.23. The number of rotatable bonds is 2. The Morgan fingerprint density at radius 2 is 1.83 bits per heavy atom. The third-order valence-corrected chi connectivity index (χ3v) is 4.82. The summed E-state index contributed by atoms with van der Waals surface area (Å²) in [6.07, 6.45) is 1.53. The summed E-state index contributed by atoms with van der Waals surface area (Å²) < 4.78 is 16.6. The topological polar surface area (TPSA) is 94.1 Å². The van der Waals surface area contributed by atoms with Crippen molar-refractivity contribution in [1.82, 2.24) is 5.32 Å². The normalized spacial score (nSPS) is 17.4. The Labute approximate surface area is 173 Å². The minimum Gasteiger partial charge on any atom is -0.497 e. The molecule has 2 heterocycles. The van der Waals surface area contributed by atoms with E-state index >= 15 is 0 Å². The lowest BCUT2D eigenvalue weighted by molar-refractivity contribution is -0.139. The highest BCUT2D eigenvalue weighted by Crippen LogP contribution is 2.27. The van der Waals surface area contributed by atoms with Crippen LogP contribution < -0.4 is 19.5 Å². The van der Waals surface area contributed by atoms with Gasteiger partial charge in [0.15, 0.2) is 0 Å². The molecule has 0 aromatic heterocycles. The van der Waals surface area contributed by atoms with Crippen molar-refractivity contribution < 1.29 is 28.9 Å². The van der Waals surface area contributed by atoms with Crippen molar-refractivity contribution in [1.29, 1.82) is 0 Å². The molecule has 2 aromatic carbocycles. The largest absolute Gasteiger partial charge is 0.497 e. The molecule has 0 radical (unpaired) electrons. The molecule has 2 bridgehead atoms. The van der Waals surface area contributed by atoms with Gasteiger partial charge in [0.2, 0.25) is 0 Å². The summed E-state index contributed by atoms with van der Waals surface area (Å²) in [5.74, 6) is -0.325. The number of carboxylic acid groups (broad SMARTS) is 1. The van der Waals surface area contributed by atoms with Crippen LogP contribution in [0.4, 0.5) is 0 Å². The zero-order valence-corrected chi connectivity index (χ0v) is 16.7. The lowest BCUT2D eigenvalue weighted by Gasteiger charge is -2.18. The fraction of sp³-hybridized carbons (Fsp3) is 0.333. The monoisotopic (exact) mass is 419 g/mol. The van der Waals surface area contributed by atoms with Crippen molar-refractivity contribution in [2.75, 3.05) is 20.3 Å². The van der Waals surface area contributed by atoms with E-state index in [4.69, 9.17) is 25.8 Å². The molecule has 1 amide bonds. The Balaban J connectivity index is 1.93. The van der Waals surface area contributed by atoms with Gasteiger partial charge >= 0.3 is 5.97 Å². The van der Waals surface area contributed by atoms with Crippen LogP contribution >= 0.6 is 11.6 Å². The molecule has 0 unspecified atom stereocenters. The molecule has 7 nitrogen and oxygen atoms in total. The van der Waals surface area contributed by atoms with Crippen LogP contribution in [0.1, 0.15) is 28.8 Å². The molecule has 2 N–H and O–H groups in total. The number of methoxy groups -OCH3 is 1. The van der Waals surface area contributed by atoms with E-state index in [2.05, 4.69) is 5.32 Å². The quantitative estimate of drug-likeness (QED) is 0.775. The maximum Gasteiger partial charge on any atom is 0.326 e. The van der Waals surface area contributed by atoms with Gasteiger partial charge in [-0.05, 0) is 48.7 Å². The maximum absolute atomic E-state index is 12.8. The first kappa shape index (κ1) is 20.8. The smallest absolute Gasteiger partial charge is 0.326 e. The number of carboxylic acids is 1. The molecular weight excluding hydrogens is 398 g/mol. The fourth-order valence-electron chi connectivity index (χ4n) is 2.97. The molecule has 0 saturated heterocycles. The van der Waals surface area contributed by atoms with Crippen molar-refractivity contribution in [3.8, 4) is 17.2 Å². The average Bonchev–Trinajstić information content (AvgIpc) is 2.70. The molecule has 154 valence electrons. The highest BCUT2D eigenvalue weighted by Gasteiger charge is 2.24. The van der Waals surface area contributed by atoms with Crippen LogP contribution in [0.25, 0.3) is 0 Å². The lowest BCUT2D eigenvalue weighted by atomic mass is 10.0. The van der Waals surface area contributed by atoms with Gasteiger partial charge < -0.3 is 24.6 Å². The van der Waals surface area contributed by atoms with Crippen LogP contribution in [0.5, 0.6) is 17.2 Å². The summed E-state index contributed by atoms with van der Waals surface area (Å²) in [7, 11) is 1.49. The van der Waals surface area contributed by atoms with Crippen molar-refractivity contribution in [3.63, 3.8) is 0 Å². The van der Waals surface area contributed by atoms with Crippen molar-refractivity contribution in [2.45, 2.75) is 25.3 Å². The number of ether oxygens (including phenoxy) is 3. The molecule has 4 rings (SSSR count). The van der Waals surface area contributed by atoms with Crippen LogP contribution in [0.3, 0.4) is 0 Å². The number of hydrogen-bond acceptors (Lipinski definition) is 5. The molecule has 2 aliphatic heterocycles. The van der Waals surface area contributed by atoms with E-state index < -0.39 is 17.9 Å². The second-order valence-electron chi connectivity index (χ2n) is 6.60. The number of carbonyl (C=O) groups is 2. The Morgan fingerprint density at radius 3 is 2.48 bits per heavy atom. The molecular formula is C21H22ClNO6. The van der Waals surface area contributed by atoms with Gasteiger partial charge in [0.05, 0.1) is 30.9 Å². The third kappa shape index (κ3) is 5.32. The number of nitrogens with one attached hydrogen (secondary N) is 1. The number of amides is 1. The van der Waals surface area contributed by atoms with Crippen LogP contribution in [0.15, 0.2) is 36.4 Å². The van der Waals surface area contributed by atoms with Gasteiger partial charge in [-0.25, -0.2) is 4.79 Å². The van der Waals surface area contributed by atoms with Crippen molar-refractivity contribution in [3.05, 3.63) is 52.5 Å². The molecule has 2 aliphatic rings. The molecule has 1 atom stereocenters. The molecule has 8 heteroatoms. The summed E-state index contributed by atoms with van der Waals surface area (Å²) >= 11 is 6.25. The Bertz CT molecular complexity index is 901. The van der Waals surface area contributed by atoms with E-state index in [9.17, 15) is 14.7 Å². The Morgan fingerprint density at radius 1 is 1.14 bits per heavy atom. The number of carbonyl (C=O) groups excluding carboxylic acids is 1. The number of hydrogen-bond donors (Lipinski definition) is 2. The van der Waals surface area contributed by atoms with Crippen molar-refractivity contribution in [2.24, 2.45) is 0 Å². The molecule has 0 aliphatic carbocycles. The van der Waals surface area contributed by atoms with E-state index in [0.29, 0.717) is 47.5 Å². The van der Waals surface area contributed by atoms with E-state index in [1.54, 1.807) is 30.3 Å². The number of halogens is 1. The van der Waals surface area contributed by atoms with E-state index in [0.717, 1.165) is 6.42 Å². The molecule has 0 spiro atoms. The molecule has 0 saturated carbocycles. The second-order valence-corrected chi connectivity index (χ2v) is 7.01. The average molecular weight is 420 g/mol. The van der Waals surface area contributed by atoms with Crippen molar-refractivity contribution >= 4 is 23.5 Å². The van der Waals surface area contributed by atoms with Gasteiger partial charge in [0.25, 0.3) is 5.91 Å². The molecule has 29 heavy (non-hydrogen) atoms. The zero-order valence-electron chi connectivity index (χ0n) is 15.9. The van der Waals surface area contributed by atoms with Crippen LogP contribution in [0.2, 0.25) is 5.02 Å². The van der Waals surface area contributed by atoms with Crippen LogP contribution in [-0.2, 0) is 11.2 Å². The number of aliphatic carboxylic acids is 1. The summed E-state index contributed by atoms with van der Waals surface area (Å²) in [5.41, 5.74) is 0.886. The Hall–Kier alpha value is -2.93. The van der Waals surface area contributed by atoms with E-state index in [1.807, 2.05) is 0 Å². The summed E-state index contributed by atoms with van der Waals surface area (Å²) in [4.78, 5) is 24.6. The third-order valence-electron chi connectivity index (χ3n) is 4.52. The fourth-order valence-corrected chi connectivity index (χ4v) is 3.23. The van der Waals surface area contributed by atoms with Gasteiger partial charge in [0.1, 0.15) is 23.3 Å². The van der Waals surface area contributed by atoms with Gasteiger partial charge in [-0.15, -0.1) is 0 Å². The van der Waals surface area contributed by atoms with Crippen LogP contribution in [-0.4, -0.2) is 43.3 Å². The number of fused-ring (bicyclic) bond motifs is 10. The predicted molar refractivity (Wildman–Crippen MR) is 107 cm³/mol. The summed E-state index contributed by atoms with van der Waals surface area (Å²) in [6, 6.07) is 8.83. The lowest BCUT2D eigenvalue weighted by Crippen LogP contribution is -2.42. The minimum absolute atomic E-state index is 0.0707. The summed E-state index contributed by atoms with van der Waals surface area (Å²) in [6.45, 7) is 0.848. The van der Waals surface area contributed by atoms with E-state index in [1.165, 1.54) is 13.2 Å². The Kier molecular flexibility index (Phi) is 6.82. The van der Waals surface area contributed by atoms with Gasteiger partial charge in [-0.3, -0.25) is 4.79 Å². The second kappa shape index (κ2) is 9.52. The summed E-state index contributed by atoms with van der Waals surface area (Å²) in [5, 5.41) is 12.6. The highest BCUT2D eigenvalue weighted by atomic mass is 35.5. The predicted octanol–water partition coefficient (Wildman–Crippen LogP) is 3.33. The zero-order chi connectivity index (χ0) is 20.8. The molecule has 2 aromatic rings. The maximum atomic E-state index is 12.8. The van der Waals surface area contributed by atoms with Gasteiger partial charge in [-0.1, -0.05) is 17.7 Å². The van der Waals surface area contributed by atoms with Gasteiger partial charge in [0, 0.05) is 6.42 Å². The minimum atomic E-state index is -1.15. The first-order valence-corrected chi connectivity index (χ1v) is 9.61. The SMILES string of the molecule is COc1ccc2c(c1)C(=O)N[C@H](C(=O)O)Cc1ccc(c(Cl)c1)OCCCCO2. The van der Waals surface area contributed by atoms with Gasteiger partial charge in [-0.2, -0.15) is 0 Å². The van der Waals surface area contributed by atoms with E-state index in [-0.39, 0.29) is 12.0 Å². The molecule has 0 fully saturated rings.